The average molecular weight is 432 g/mol. The fraction of sp³-hybridized carbons (Fsp3) is 0.182. The molecule has 2 heterocycles. The monoisotopic (exact) mass is 431 g/mol. The molecule has 0 amide bonds. The second-order valence-electron chi connectivity index (χ2n) is 7.10. The summed E-state index contributed by atoms with van der Waals surface area (Å²) >= 11 is 6.24. The van der Waals surface area contributed by atoms with Crippen molar-refractivity contribution in [3.8, 4) is 5.69 Å². The van der Waals surface area contributed by atoms with Crippen LogP contribution in [0.5, 0.6) is 0 Å². The molecule has 8 heteroatoms. The summed E-state index contributed by atoms with van der Waals surface area (Å²) in [4.78, 5) is 12.8. The van der Waals surface area contributed by atoms with Crippen LogP contribution in [0.25, 0.3) is 16.7 Å². The summed E-state index contributed by atoms with van der Waals surface area (Å²) in [6.07, 6.45) is -4.69. The summed E-state index contributed by atoms with van der Waals surface area (Å²) in [6, 6.07) is 14.7. The van der Waals surface area contributed by atoms with Crippen LogP contribution in [0.3, 0.4) is 0 Å². The lowest BCUT2D eigenvalue weighted by molar-refractivity contribution is -0.136. The summed E-state index contributed by atoms with van der Waals surface area (Å²) in [6.45, 7) is 3.43. The minimum atomic E-state index is -4.69. The van der Waals surface area contributed by atoms with Crippen molar-refractivity contribution in [1.29, 1.82) is 0 Å². The first-order valence-corrected chi connectivity index (χ1v) is 9.55. The number of halogens is 4. The SMILES string of the molecule is Cc1ccc(-n2nc(C)c3c(C(F)(F)F)cc(=O)n(Cc4ccccc4Cl)c32)cc1. The van der Waals surface area contributed by atoms with Crippen molar-refractivity contribution in [2.24, 2.45) is 0 Å². The van der Waals surface area contributed by atoms with Gasteiger partial charge in [0.25, 0.3) is 5.56 Å². The first kappa shape index (κ1) is 20.2. The third-order valence-corrected chi connectivity index (χ3v) is 5.33. The van der Waals surface area contributed by atoms with Crippen LogP contribution in [0.15, 0.2) is 59.4 Å². The highest BCUT2D eigenvalue weighted by Gasteiger charge is 2.36. The summed E-state index contributed by atoms with van der Waals surface area (Å²) in [7, 11) is 0. The minimum absolute atomic E-state index is 0.0180. The number of aryl methyl sites for hydroxylation is 2. The average Bonchev–Trinajstić information content (AvgIpc) is 3.02. The molecule has 0 saturated carbocycles. The molecule has 0 spiro atoms. The zero-order valence-electron chi connectivity index (χ0n) is 16.2. The largest absolute Gasteiger partial charge is 0.417 e. The van der Waals surface area contributed by atoms with Gasteiger partial charge in [-0.25, -0.2) is 4.68 Å². The number of hydrogen-bond acceptors (Lipinski definition) is 2. The molecular weight excluding hydrogens is 415 g/mol. The highest BCUT2D eigenvalue weighted by atomic mass is 35.5. The van der Waals surface area contributed by atoms with Gasteiger partial charge in [0.05, 0.1) is 28.9 Å². The van der Waals surface area contributed by atoms with Gasteiger partial charge in [0.15, 0.2) is 0 Å². The first-order valence-electron chi connectivity index (χ1n) is 9.17. The minimum Gasteiger partial charge on any atom is -0.288 e. The Bertz CT molecular complexity index is 1300. The van der Waals surface area contributed by atoms with Gasteiger partial charge in [-0.2, -0.15) is 18.3 Å². The molecule has 0 unspecified atom stereocenters. The maximum atomic E-state index is 13.8. The van der Waals surface area contributed by atoms with Crippen LogP contribution in [0, 0.1) is 13.8 Å². The number of pyridine rings is 1. The fourth-order valence-electron chi connectivity index (χ4n) is 3.50. The quantitative estimate of drug-likeness (QED) is 0.428. The van der Waals surface area contributed by atoms with Gasteiger partial charge in [-0.1, -0.05) is 47.5 Å². The molecule has 0 bridgehead atoms. The van der Waals surface area contributed by atoms with Crippen LogP contribution < -0.4 is 5.56 Å². The maximum absolute atomic E-state index is 13.8. The normalized spacial score (nSPS) is 11.9. The Morgan fingerprint density at radius 3 is 2.33 bits per heavy atom. The van der Waals surface area contributed by atoms with Crippen molar-refractivity contribution in [3.05, 3.63) is 92.4 Å². The smallest absolute Gasteiger partial charge is 0.288 e. The lowest BCUT2D eigenvalue weighted by atomic mass is 10.1. The molecule has 0 aliphatic rings. The van der Waals surface area contributed by atoms with Gasteiger partial charge >= 0.3 is 6.18 Å². The van der Waals surface area contributed by atoms with E-state index in [9.17, 15) is 18.0 Å². The Hall–Kier alpha value is -3.06. The molecule has 154 valence electrons. The molecule has 0 radical (unpaired) electrons. The molecule has 4 aromatic rings. The molecule has 0 saturated heterocycles. The van der Waals surface area contributed by atoms with E-state index < -0.39 is 17.3 Å². The van der Waals surface area contributed by atoms with E-state index in [1.54, 1.807) is 36.4 Å². The van der Waals surface area contributed by atoms with E-state index in [4.69, 9.17) is 11.6 Å². The van der Waals surface area contributed by atoms with Crippen molar-refractivity contribution < 1.29 is 13.2 Å². The molecule has 4 nitrogen and oxygen atoms in total. The van der Waals surface area contributed by atoms with Gasteiger partial charge in [-0.15, -0.1) is 0 Å². The Labute approximate surface area is 175 Å². The van der Waals surface area contributed by atoms with Crippen LogP contribution in [0.2, 0.25) is 5.02 Å². The molecule has 0 fully saturated rings. The molecule has 0 aliphatic carbocycles. The van der Waals surface area contributed by atoms with Gasteiger partial charge in [0, 0.05) is 11.1 Å². The van der Waals surface area contributed by atoms with Gasteiger partial charge in [-0.05, 0) is 37.6 Å². The molecule has 2 aromatic heterocycles. The van der Waals surface area contributed by atoms with E-state index in [-0.39, 0.29) is 23.3 Å². The lowest BCUT2D eigenvalue weighted by Gasteiger charge is -2.15. The van der Waals surface area contributed by atoms with Gasteiger partial charge in [0.1, 0.15) is 5.65 Å². The molecule has 2 aromatic carbocycles. The van der Waals surface area contributed by atoms with Crippen molar-refractivity contribution >= 4 is 22.6 Å². The summed E-state index contributed by atoms with van der Waals surface area (Å²) in [5, 5.41) is 4.68. The van der Waals surface area contributed by atoms with E-state index in [1.165, 1.54) is 16.2 Å². The standard InChI is InChI=1S/C22H17ClF3N3O/c1-13-7-9-16(10-8-13)29-21-20(14(2)27-29)17(22(24,25)26)11-19(30)28(21)12-15-5-3-4-6-18(15)23/h3-11H,12H2,1-2H3. The van der Waals surface area contributed by atoms with E-state index in [0.29, 0.717) is 22.3 Å². The molecule has 30 heavy (non-hydrogen) atoms. The van der Waals surface area contributed by atoms with Crippen LogP contribution in [-0.4, -0.2) is 14.3 Å². The van der Waals surface area contributed by atoms with Crippen LogP contribution >= 0.6 is 11.6 Å². The van der Waals surface area contributed by atoms with E-state index in [1.807, 2.05) is 19.1 Å². The Morgan fingerprint density at radius 2 is 1.70 bits per heavy atom. The van der Waals surface area contributed by atoms with Crippen molar-refractivity contribution in [1.82, 2.24) is 14.3 Å². The zero-order chi connectivity index (χ0) is 21.6. The number of alkyl halides is 3. The number of rotatable bonds is 3. The maximum Gasteiger partial charge on any atom is 0.417 e. The molecule has 0 atom stereocenters. The highest BCUT2D eigenvalue weighted by Crippen LogP contribution is 2.36. The van der Waals surface area contributed by atoms with Crippen molar-refractivity contribution in [2.45, 2.75) is 26.6 Å². The highest BCUT2D eigenvalue weighted by molar-refractivity contribution is 6.31. The Morgan fingerprint density at radius 1 is 1.03 bits per heavy atom. The van der Waals surface area contributed by atoms with Crippen LogP contribution in [0.1, 0.15) is 22.4 Å². The predicted octanol–water partition coefficient (Wildman–Crippen LogP) is 5.52. The third kappa shape index (κ3) is 3.50. The molecule has 0 aliphatic heterocycles. The van der Waals surface area contributed by atoms with E-state index in [2.05, 4.69) is 5.10 Å². The van der Waals surface area contributed by atoms with Crippen molar-refractivity contribution in [2.75, 3.05) is 0 Å². The van der Waals surface area contributed by atoms with Gasteiger partial charge in [-0.3, -0.25) is 9.36 Å². The predicted molar refractivity (Wildman–Crippen MR) is 110 cm³/mol. The van der Waals surface area contributed by atoms with Crippen LogP contribution in [0.4, 0.5) is 13.2 Å². The molecular formula is C22H17ClF3N3O. The van der Waals surface area contributed by atoms with Crippen LogP contribution in [-0.2, 0) is 12.7 Å². The topological polar surface area (TPSA) is 39.8 Å². The van der Waals surface area contributed by atoms with Gasteiger partial charge in [0.2, 0.25) is 0 Å². The number of hydrogen-bond donors (Lipinski definition) is 0. The second kappa shape index (κ2) is 7.32. The number of aromatic nitrogens is 3. The Balaban J connectivity index is 2.08. The summed E-state index contributed by atoms with van der Waals surface area (Å²) in [5.74, 6) is 0. The Kier molecular flexibility index (Phi) is 4.94. The lowest BCUT2D eigenvalue weighted by Crippen LogP contribution is -2.25. The number of fused-ring (bicyclic) bond motifs is 1. The first-order chi connectivity index (χ1) is 14.2. The summed E-state index contributed by atoms with van der Waals surface area (Å²) < 4.78 is 43.9. The second-order valence-corrected chi connectivity index (χ2v) is 7.51. The molecule has 4 rings (SSSR count). The molecule has 0 N–H and O–H groups in total. The number of benzene rings is 2. The third-order valence-electron chi connectivity index (χ3n) is 4.97. The van der Waals surface area contributed by atoms with Gasteiger partial charge < -0.3 is 0 Å². The fourth-order valence-corrected chi connectivity index (χ4v) is 3.69. The van der Waals surface area contributed by atoms with E-state index >= 15 is 0 Å². The van der Waals surface area contributed by atoms with E-state index in [0.717, 1.165) is 5.56 Å². The summed E-state index contributed by atoms with van der Waals surface area (Å²) in [5.41, 5.74) is 0.678. The van der Waals surface area contributed by atoms with Crippen molar-refractivity contribution in [3.63, 3.8) is 0 Å². The number of nitrogens with zero attached hydrogens (tertiary/aromatic N) is 3. The zero-order valence-corrected chi connectivity index (χ0v) is 16.9.